The summed E-state index contributed by atoms with van der Waals surface area (Å²) in [7, 11) is 0. The van der Waals surface area contributed by atoms with Crippen LogP contribution in [0.1, 0.15) is 16.8 Å². The lowest BCUT2D eigenvalue weighted by Crippen LogP contribution is -2.05. The molecule has 0 atom stereocenters. The van der Waals surface area contributed by atoms with Gasteiger partial charge in [0, 0.05) is 11.4 Å². The number of halogens is 3. The third-order valence-electron chi connectivity index (χ3n) is 2.63. The molecule has 0 aliphatic carbocycles. The number of rotatable bonds is 2. The second-order valence-corrected chi connectivity index (χ2v) is 4.16. The number of anilines is 2. The van der Waals surface area contributed by atoms with Gasteiger partial charge in [0.05, 0.1) is 11.1 Å². The third-order valence-corrected chi connectivity index (χ3v) is 2.63. The Hall–Kier alpha value is -2.55. The Bertz CT molecular complexity index is 655. The first kappa shape index (κ1) is 13.9. The van der Waals surface area contributed by atoms with Gasteiger partial charge in [-0.2, -0.15) is 18.4 Å². The summed E-state index contributed by atoms with van der Waals surface area (Å²) in [6.45, 7) is 1.76. The average Bonchev–Trinajstić information content (AvgIpc) is 2.38. The predicted octanol–water partition coefficient (Wildman–Crippen LogP) is 4.02. The monoisotopic (exact) mass is 277 g/mol. The van der Waals surface area contributed by atoms with Crippen LogP contribution < -0.4 is 5.32 Å². The minimum atomic E-state index is -4.36. The van der Waals surface area contributed by atoms with Crippen molar-refractivity contribution in [3.8, 4) is 6.07 Å². The van der Waals surface area contributed by atoms with Gasteiger partial charge in [-0.3, -0.25) is 0 Å². The van der Waals surface area contributed by atoms with Crippen LogP contribution in [0.5, 0.6) is 0 Å². The first-order valence-electron chi connectivity index (χ1n) is 5.72. The van der Waals surface area contributed by atoms with Gasteiger partial charge in [0.15, 0.2) is 0 Å². The van der Waals surface area contributed by atoms with Crippen molar-refractivity contribution in [3.05, 3.63) is 53.2 Å². The van der Waals surface area contributed by atoms with Crippen LogP contribution in [0, 0.1) is 18.3 Å². The van der Waals surface area contributed by atoms with Gasteiger partial charge in [-0.1, -0.05) is 0 Å². The highest BCUT2D eigenvalue weighted by molar-refractivity contribution is 5.63. The van der Waals surface area contributed by atoms with Crippen LogP contribution in [-0.4, -0.2) is 4.98 Å². The van der Waals surface area contributed by atoms with Gasteiger partial charge in [-0.25, -0.2) is 4.98 Å². The second kappa shape index (κ2) is 5.21. The van der Waals surface area contributed by atoms with Crippen molar-refractivity contribution in [3.63, 3.8) is 0 Å². The van der Waals surface area contributed by atoms with E-state index in [9.17, 15) is 13.2 Å². The quantitative estimate of drug-likeness (QED) is 0.901. The number of pyridine rings is 1. The summed E-state index contributed by atoms with van der Waals surface area (Å²) in [4.78, 5) is 4.15. The number of nitrogens with zero attached hydrogens (tertiary/aromatic N) is 2. The zero-order valence-corrected chi connectivity index (χ0v) is 10.5. The van der Waals surface area contributed by atoms with E-state index in [0.717, 1.165) is 12.1 Å². The van der Waals surface area contributed by atoms with Gasteiger partial charge in [0.2, 0.25) is 0 Å². The zero-order chi connectivity index (χ0) is 14.8. The normalized spacial score (nSPS) is 10.9. The molecule has 1 aromatic heterocycles. The molecule has 0 radical (unpaired) electrons. The smallest absolute Gasteiger partial charge is 0.339 e. The van der Waals surface area contributed by atoms with Gasteiger partial charge < -0.3 is 5.32 Å². The molecule has 6 heteroatoms. The fourth-order valence-corrected chi connectivity index (χ4v) is 1.62. The van der Waals surface area contributed by atoms with Gasteiger partial charge in [0.1, 0.15) is 11.9 Å². The number of nitriles is 1. The molecule has 0 saturated heterocycles. The number of hydrogen-bond donors (Lipinski definition) is 1. The van der Waals surface area contributed by atoms with Crippen molar-refractivity contribution in [2.75, 3.05) is 5.32 Å². The standard InChI is InChI=1S/C14H10F3N3/c1-9-2-3-10(8-18)13(19-9)20-12-6-4-11(5-7-12)14(15,16)17/h2-7H,1H3,(H,19,20). The molecular weight excluding hydrogens is 267 g/mol. The van der Waals surface area contributed by atoms with Crippen LogP contribution in [0.4, 0.5) is 24.7 Å². The van der Waals surface area contributed by atoms with Gasteiger partial charge in [0.25, 0.3) is 0 Å². The van der Waals surface area contributed by atoms with E-state index in [1.165, 1.54) is 12.1 Å². The van der Waals surface area contributed by atoms with Gasteiger partial charge >= 0.3 is 6.18 Å². The summed E-state index contributed by atoms with van der Waals surface area (Å²) in [6.07, 6.45) is -4.36. The van der Waals surface area contributed by atoms with Gasteiger partial charge in [-0.05, 0) is 43.3 Å². The SMILES string of the molecule is Cc1ccc(C#N)c(Nc2ccc(C(F)(F)F)cc2)n1. The molecule has 0 saturated carbocycles. The summed E-state index contributed by atoms with van der Waals surface area (Å²) in [6, 6.07) is 9.82. The van der Waals surface area contributed by atoms with E-state index in [1.807, 2.05) is 6.07 Å². The fourth-order valence-electron chi connectivity index (χ4n) is 1.62. The van der Waals surface area contributed by atoms with E-state index < -0.39 is 11.7 Å². The zero-order valence-electron chi connectivity index (χ0n) is 10.5. The molecule has 1 N–H and O–H groups in total. The number of aryl methyl sites for hydroxylation is 1. The van der Waals surface area contributed by atoms with Crippen molar-refractivity contribution in [1.82, 2.24) is 4.98 Å². The maximum atomic E-state index is 12.4. The van der Waals surface area contributed by atoms with Crippen LogP contribution in [-0.2, 0) is 6.18 Å². The molecule has 0 amide bonds. The molecule has 1 heterocycles. The molecule has 0 spiro atoms. The van der Waals surface area contributed by atoms with E-state index in [4.69, 9.17) is 5.26 Å². The van der Waals surface area contributed by atoms with E-state index in [2.05, 4.69) is 10.3 Å². The summed E-state index contributed by atoms with van der Waals surface area (Å²) >= 11 is 0. The number of alkyl halides is 3. The largest absolute Gasteiger partial charge is 0.416 e. The third kappa shape index (κ3) is 3.06. The first-order chi connectivity index (χ1) is 9.40. The van der Waals surface area contributed by atoms with E-state index in [0.29, 0.717) is 22.8 Å². The lowest BCUT2D eigenvalue weighted by atomic mass is 10.2. The summed E-state index contributed by atoms with van der Waals surface area (Å²) in [5.74, 6) is 0.326. The summed E-state index contributed by atoms with van der Waals surface area (Å²) in [5.41, 5.74) is 0.752. The maximum absolute atomic E-state index is 12.4. The first-order valence-corrected chi connectivity index (χ1v) is 5.72. The Morgan fingerprint density at radius 1 is 1.10 bits per heavy atom. The average molecular weight is 277 g/mol. The van der Waals surface area contributed by atoms with Crippen LogP contribution in [0.2, 0.25) is 0 Å². The minimum Gasteiger partial charge on any atom is -0.339 e. The van der Waals surface area contributed by atoms with Crippen LogP contribution in [0.15, 0.2) is 36.4 Å². The lowest BCUT2D eigenvalue weighted by molar-refractivity contribution is -0.137. The molecular formula is C14H10F3N3. The molecule has 0 unspecified atom stereocenters. The number of aromatic nitrogens is 1. The lowest BCUT2D eigenvalue weighted by Gasteiger charge is -2.10. The Labute approximate surface area is 113 Å². The number of hydrogen-bond acceptors (Lipinski definition) is 3. The molecule has 0 aliphatic heterocycles. The highest BCUT2D eigenvalue weighted by Crippen LogP contribution is 2.30. The van der Waals surface area contributed by atoms with Crippen molar-refractivity contribution in [2.45, 2.75) is 13.1 Å². The number of nitrogens with one attached hydrogen (secondary N) is 1. The van der Waals surface area contributed by atoms with Crippen molar-refractivity contribution >= 4 is 11.5 Å². The van der Waals surface area contributed by atoms with Gasteiger partial charge in [-0.15, -0.1) is 0 Å². The summed E-state index contributed by atoms with van der Waals surface area (Å²) < 4.78 is 37.3. The maximum Gasteiger partial charge on any atom is 0.416 e. The van der Waals surface area contributed by atoms with Crippen LogP contribution in [0.3, 0.4) is 0 Å². The van der Waals surface area contributed by atoms with Crippen LogP contribution >= 0.6 is 0 Å². The molecule has 0 aliphatic rings. The molecule has 3 nitrogen and oxygen atoms in total. The summed E-state index contributed by atoms with van der Waals surface area (Å²) in [5, 5.41) is 11.8. The highest BCUT2D eigenvalue weighted by atomic mass is 19.4. The molecule has 20 heavy (non-hydrogen) atoms. The van der Waals surface area contributed by atoms with Crippen molar-refractivity contribution < 1.29 is 13.2 Å². The predicted molar refractivity (Wildman–Crippen MR) is 68.4 cm³/mol. The second-order valence-electron chi connectivity index (χ2n) is 4.16. The Kier molecular flexibility index (Phi) is 3.61. The Morgan fingerprint density at radius 3 is 2.30 bits per heavy atom. The Balaban J connectivity index is 2.27. The molecule has 2 aromatic rings. The van der Waals surface area contributed by atoms with Crippen LogP contribution in [0.25, 0.3) is 0 Å². The minimum absolute atomic E-state index is 0.326. The van der Waals surface area contributed by atoms with E-state index in [1.54, 1.807) is 19.1 Å². The molecule has 0 fully saturated rings. The molecule has 102 valence electrons. The molecule has 0 bridgehead atoms. The highest BCUT2D eigenvalue weighted by Gasteiger charge is 2.29. The van der Waals surface area contributed by atoms with E-state index in [-0.39, 0.29) is 0 Å². The Morgan fingerprint density at radius 2 is 1.75 bits per heavy atom. The molecule has 1 aromatic carbocycles. The van der Waals surface area contributed by atoms with Crippen molar-refractivity contribution in [2.24, 2.45) is 0 Å². The molecule has 2 rings (SSSR count). The number of benzene rings is 1. The van der Waals surface area contributed by atoms with Crippen molar-refractivity contribution in [1.29, 1.82) is 5.26 Å². The topological polar surface area (TPSA) is 48.7 Å². The van der Waals surface area contributed by atoms with E-state index >= 15 is 0 Å². The fraction of sp³-hybridized carbons (Fsp3) is 0.143.